The zero-order valence-corrected chi connectivity index (χ0v) is 25.8. The normalized spacial score (nSPS) is 18.6. The number of ether oxygens (including phenoxy) is 1. The van der Waals surface area contributed by atoms with Crippen LogP contribution in [0.1, 0.15) is 81.5 Å². The molecule has 10 heteroatoms. The quantitative estimate of drug-likeness (QED) is 0.383. The van der Waals surface area contributed by atoms with Crippen LogP contribution in [-0.2, 0) is 14.3 Å². The van der Waals surface area contributed by atoms with E-state index >= 15 is 0 Å². The highest BCUT2D eigenvalue weighted by atomic mass is 16.6. The van der Waals surface area contributed by atoms with Gasteiger partial charge in [0.1, 0.15) is 23.2 Å². The molecule has 2 atom stereocenters. The number of nitrogens with one attached hydrogen (secondary N) is 1. The molecule has 3 aromatic rings. The molecular formula is C34H38N6O4. The molecule has 1 fully saturated rings. The molecule has 2 aromatic heterocycles. The van der Waals surface area contributed by atoms with Gasteiger partial charge in [-0.2, -0.15) is 5.26 Å². The summed E-state index contributed by atoms with van der Waals surface area (Å²) >= 11 is 0. The number of hydrogen-bond acceptors (Lipinski definition) is 8. The Morgan fingerprint density at radius 2 is 1.73 bits per heavy atom. The van der Waals surface area contributed by atoms with E-state index in [9.17, 15) is 14.4 Å². The summed E-state index contributed by atoms with van der Waals surface area (Å²) in [6, 6.07) is 15.0. The molecular weight excluding hydrogens is 556 g/mol. The highest BCUT2D eigenvalue weighted by Crippen LogP contribution is 2.41. The Kier molecular flexibility index (Phi) is 8.68. The number of carbonyl (C=O) groups is 3. The first kappa shape index (κ1) is 30.7. The van der Waals surface area contributed by atoms with E-state index in [-0.39, 0.29) is 35.8 Å². The number of rotatable bonds is 5. The summed E-state index contributed by atoms with van der Waals surface area (Å²) in [6.07, 6.45) is 5.04. The molecule has 2 aliphatic rings. The standard InChI is InChI=1S/C34H38N6O4/c1-21-16-29(38-31-11-6-23(18-35)19-37-31)27-17-25(8-10-30(27)40(21)22(2)41)26-7-9-28(36-20-26)32(42)39-14-12-24(13-15-39)33(43)44-34(3,4)5/h6-11,17,19-21,24,29H,12-16H2,1-5H3,(H,37,38)/t21-,29+/m0/s1. The summed E-state index contributed by atoms with van der Waals surface area (Å²) in [6.45, 7) is 10.1. The molecule has 1 aromatic carbocycles. The first-order valence-corrected chi connectivity index (χ1v) is 15.0. The van der Waals surface area contributed by atoms with Crippen LogP contribution < -0.4 is 10.2 Å². The lowest BCUT2D eigenvalue weighted by Crippen LogP contribution is -2.43. The van der Waals surface area contributed by atoms with E-state index in [0.717, 1.165) is 22.4 Å². The second kappa shape index (κ2) is 12.4. The van der Waals surface area contributed by atoms with Gasteiger partial charge in [-0.1, -0.05) is 12.1 Å². The molecule has 1 N–H and O–H groups in total. The number of likely N-dealkylation sites (tertiary alicyclic amines) is 1. The molecule has 228 valence electrons. The molecule has 0 unspecified atom stereocenters. The number of hydrogen-bond donors (Lipinski definition) is 1. The van der Waals surface area contributed by atoms with Gasteiger partial charge in [-0.3, -0.25) is 19.4 Å². The van der Waals surface area contributed by atoms with Gasteiger partial charge in [-0.25, -0.2) is 4.98 Å². The molecule has 0 aliphatic carbocycles. The van der Waals surface area contributed by atoms with Crippen LogP contribution in [0.3, 0.4) is 0 Å². The van der Waals surface area contributed by atoms with Gasteiger partial charge >= 0.3 is 5.97 Å². The van der Waals surface area contributed by atoms with Gasteiger partial charge in [0.25, 0.3) is 5.91 Å². The van der Waals surface area contributed by atoms with Crippen LogP contribution in [0.25, 0.3) is 11.1 Å². The van der Waals surface area contributed by atoms with Crippen molar-refractivity contribution in [2.75, 3.05) is 23.3 Å². The number of pyridine rings is 2. The molecule has 4 heterocycles. The minimum Gasteiger partial charge on any atom is -0.460 e. The molecule has 0 spiro atoms. The Morgan fingerprint density at radius 3 is 2.32 bits per heavy atom. The Balaban J connectivity index is 1.33. The second-order valence-electron chi connectivity index (χ2n) is 12.5. The fraction of sp³-hybridized carbons (Fsp3) is 0.412. The average Bonchev–Trinajstić information content (AvgIpc) is 3.00. The summed E-state index contributed by atoms with van der Waals surface area (Å²) < 4.78 is 5.52. The number of anilines is 2. The van der Waals surface area contributed by atoms with Gasteiger partial charge in [-0.05, 0) is 88.4 Å². The number of piperidine rings is 1. The zero-order chi connectivity index (χ0) is 31.6. The Morgan fingerprint density at radius 1 is 1.00 bits per heavy atom. The molecule has 5 rings (SSSR count). The molecule has 0 radical (unpaired) electrons. The lowest BCUT2D eigenvalue weighted by molar-refractivity contribution is -0.161. The van der Waals surface area contributed by atoms with Gasteiger partial charge in [0.15, 0.2) is 0 Å². The van der Waals surface area contributed by atoms with Crippen LogP contribution in [0.2, 0.25) is 0 Å². The van der Waals surface area contributed by atoms with Gasteiger partial charge in [0, 0.05) is 49.7 Å². The fourth-order valence-corrected chi connectivity index (χ4v) is 5.94. The third-order valence-corrected chi connectivity index (χ3v) is 8.07. The summed E-state index contributed by atoms with van der Waals surface area (Å²) in [5.74, 6) is 0.0543. The van der Waals surface area contributed by atoms with E-state index in [1.54, 1.807) is 36.2 Å². The van der Waals surface area contributed by atoms with Crippen LogP contribution in [-0.4, -0.2) is 57.4 Å². The SMILES string of the molecule is CC(=O)N1c2ccc(-c3ccc(C(=O)N4CCC(C(=O)OC(C)(C)C)CC4)nc3)cc2[C@H](Nc2ccc(C#N)cn2)C[C@@H]1C. The van der Waals surface area contributed by atoms with E-state index in [4.69, 9.17) is 10.00 Å². The topological polar surface area (TPSA) is 129 Å². The van der Waals surface area contributed by atoms with Gasteiger partial charge < -0.3 is 19.9 Å². The Bertz CT molecular complexity index is 1580. The van der Waals surface area contributed by atoms with E-state index in [0.29, 0.717) is 49.4 Å². The maximum absolute atomic E-state index is 13.2. The van der Waals surface area contributed by atoms with Crippen LogP contribution in [0, 0.1) is 17.2 Å². The Hall–Kier alpha value is -4.78. The minimum atomic E-state index is -0.529. The monoisotopic (exact) mass is 594 g/mol. The third-order valence-electron chi connectivity index (χ3n) is 8.07. The molecule has 2 aliphatic heterocycles. The number of aromatic nitrogens is 2. The van der Waals surface area contributed by atoms with Crippen molar-refractivity contribution < 1.29 is 19.1 Å². The summed E-state index contributed by atoms with van der Waals surface area (Å²) in [4.78, 5) is 50.7. The molecule has 0 bridgehead atoms. The number of amides is 2. The molecule has 44 heavy (non-hydrogen) atoms. The summed E-state index contributed by atoms with van der Waals surface area (Å²) in [7, 11) is 0. The predicted molar refractivity (Wildman–Crippen MR) is 167 cm³/mol. The van der Waals surface area contributed by atoms with Crippen LogP contribution >= 0.6 is 0 Å². The first-order chi connectivity index (χ1) is 20.9. The largest absolute Gasteiger partial charge is 0.460 e. The molecule has 1 saturated heterocycles. The second-order valence-corrected chi connectivity index (χ2v) is 12.5. The predicted octanol–water partition coefficient (Wildman–Crippen LogP) is 5.51. The Labute approximate surface area is 258 Å². The van der Waals surface area contributed by atoms with Gasteiger partial charge in [0.05, 0.1) is 17.5 Å². The van der Waals surface area contributed by atoms with Crippen molar-refractivity contribution in [1.82, 2.24) is 14.9 Å². The van der Waals surface area contributed by atoms with Crippen LogP contribution in [0.15, 0.2) is 54.9 Å². The summed E-state index contributed by atoms with van der Waals surface area (Å²) in [5, 5.41) is 12.6. The average molecular weight is 595 g/mol. The lowest BCUT2D eigenvalue weighted by atomic mass is 9.89. The van der Waals surface area contributed by atoms with Crippen LogP contribution in [0.4, 0.5) is 11.5 Å². The highest BCUT2D eigenvalue weighted by Gasteiger charge is 2.34. The fourth-order valence-electron chi connectivity index (χ4n) is 5.94. The molecule has 2 amide bonds. The van der Waals surface area contributed by atoms with Gasteiger partial charge in [0.2, 0.25) is 5.91 Å². The van der Waals surface area contributed by atoms with Crippen molar-refractivity contribution in [2.45, 2.75) is 71.6 Å². The minimum absolute atomic E-state index is 0.0251. The van der Waals surface area contributed by atoms with E-state index in [1.807, 2.05) is 50.8 Å². The van der Waals surface area contributed by atoms with Gasteiger partial charge in [-0.15, -0.1) is 0 Å². The number of fused-ring (bicyclic) bond motifs is 1. The number of carbonyl (C=O) groups excluding carboxylic acids is 3. The van der Waals surface area contributed by atoms with Crippen LogP contribution in [0.5, 0.6) is 0 Å². The van der Waals surface area contributed by atoms with Crippen molar-refractivity contribution in [3.8, 4) is 17.2 Å². The smallest absolute Gasteiger partial charge is 0.309 e. The number of nitrogens with zero attached hydrogens (tertiary/aromatic N) is 5. The first-order valence-electron chi connectivity index (χ1n) is 15.0. The number of benzene rings is 1. The maximum Gasteiger partial charge on any atom is 0.309 e. The zero-order valence-electron chi connectivity index (χ0n) is 25.8. The molecule has 0 saturated carbocycles. The number of nitriles is 1. The summed E-state index contributed by atoms with van der Waals surface area (Å²) in [5.41, 5.74) is 3.85. The van der Waals surface area contributed by atoms with Crippen molar-refractivity contribution >= 4 is 29.3 Å². The van der Waals surface area contributed by atoms with E-state index < -0.39 is 5.60 Å². The van der Waals surface area contributed by atoms with E-state index in [1.165, 1.54) is 6.20 Å². The third kappa shape index (κ3) is 6.72. The lowest BCUT2D eigenvalue weighted by Gasteiger charge is -2.39. The molecule has 10 nitrogen and oxygen atoms in total. The van der Waals surface area contributed by atoms with Crippen molar-refractivity contribution in [3.05, 3.63) is 71.7 Å². The number of esters is 1. The maximum atomic E-state index is 13.2. The highest BCUT2D eigenvalue weighted by molar-refractivity contribution is 5.95. The van der Waals surface area contributed by atoms with Crippen molar-refractivity contribution in [3.63, 3.8) is 0 Å². The van der Waals surface area contributed by atoms with Crippen molar-refractivity contribution in [2.24, 2.45) is 5.92 Å². The van der Waals surface area contributed by atoms with Crippen molar-refractivity contribution in [1.29, 1.82) is 5.26 Å². The van der Waals surface area contributed by atoms with E-state index in [2.05, 4.69) is 27.4 Å².